The Labute approximate surface area is 115 Å². The van der Waals surface area contributed by atoms with Crippen LogP contribution in [0.15, 0.2) is 24.3 Å². The van der Waals surface area contributed by atoms with Crippen LogP contribution in [0.4, 0.5) is 26.3 Å². The van der Waals surface area contributed by atoms with E-state index in [1.165, 1.54) is 0 Å². The summed E-state index contributed by atoms with van der Waals surface area (Å²) in [6.45, 7) is 1.49. The third-order valence-electron chi connectivity index (χ3n) is 3.41. The smallest absolute Gasteiger partial charge is 0.171 e. The van der Waals surface area contributed by atoms with E-state index in [2.05, 4.69) is 0 Å². The van der Waals surface area contributed by atoms with Crippen molar-refractivity contribution < 1.29 is 26.3 Å². The summed E-state index contributed by atoms with van der Waals surface area (Å²) in [5, 5.41) is -2.49. The molecule has 0 aliphatic rings. The van der Waals surface area contributed by atoms with Crippen molar-refractivity contribution in [2.24, 2.45) is 5.41 Å². The Morgan fingerprint density at radius 3 is 1.70 bits per heavy atom. The Morgan fingerprint density at radius 2 is 1.30 bits per heavy atom. The summed E-state index contributed by atoms with van der Waals surface area (Å²) in [7, 11) is 11.0. The topological polar surface area (TPSA) is 0 Å². The van der Waals surface area contributed by atoms with Crippen molar-refractivity contribution in [3.8, 4) is 0 Å². The van der Waals surface area contributed by atoms with Crippen LogP contribution in [-0.2, 0) is 11.4 Å². The zero-order valence-corrected chi connectivity index (χ0v) is 10.7. The van der Waals surface area contributed by atoms with Crippen molar-refractivity contribution in [1.29, 1.82) is 0 Å². The van der Waals surface area contributed by atoms with Gasteiger partial charge in [-0.2, -0.15) is 26.3 Å². The van der Waals surface area contributed by atoms with Crippen molar-refractivity contribution in [3.63, 3.8) is 0 Å². The van der Waals surface area contributed by atoms with Crippen LogP contribution < -0.4 is 0 Å². The summed E-state index contributed by atoms with van der Waals surface area (Å²) in [5.74, 6) is 0. The van der Waals surface area contributed by atoms with Gasteiger partial charge in [0.15, 0.2) is 0 Å². The molecule has 0 unspecified atom stereocenters. The lowest BCUT2D eigenvalue weighted by atomic mass is 9.40. The monoisotopic (exact) mass is 290 g/mol. The number of alkyl halides is 6. The van der Waals surface area contributed by atoms with E-state index < -0.39 is 34.1 Å². The molecular formula is C12H10B2F6. The van der Waals surface area contributed by atoms with Crippen LogP contribution in [-0.4, -0.2) is 21.9 Å². The van der Waals surface area contributed by atoms with E-state index in [0.29, 0.717) is 6.07 Å². The first-order valence-electron chi connectivity index (χ1n) is 5.53. The van der Waals surface area contributed by atoms with Crippen molar-refractivity contribution in [3.05, 3.63) is 35.4 Å². The number of rotatable bonds is 2. The molecule has 0 heterocycles. The van der Waals surface area contributed by atoms with Gasteiger partial charge in [0.25, 0.3) is 0 Å². The van der Waals surface area contributed by atoms with Crippen molar-refractivity contribution >= 4 is 15.7 Å². The van der Waals surface area contributed by atoms with Crippen molar-refractivity contribution in [2.45, 2.75) is 31.4 Å². The highest BCUT2D eigenvalue weighted by atomic mass is 19.4. The molecule has 0 fully saturated rings. The molecule has 1 rings (SSSR count). The first-order valence-corrected chi connectivity index (χ1v) is 5.53. The molecule has 0 N–H and O–H groups in total. The summed E-state index contributed by atoms with van der Waals surface area (Å²) in [4.78, 5) is 0. The van der Waals surface area contributed by atoms with Crippen LogP contribution in [0.3, 0.4) is 0 Å². The number of hydrogen-bond donors (Lipinski definition) is 0. The molecule has 0 spiro atoms. The second kappa shape index (κ2) is 4.74. The first-order chi connectivity index (χ1) is 8.71. The van der Waals surface area contributed by atoms with E-state index in [9.17, 15) is 26.3 Å². The average molecular weight is 290 g/mol. The van der Waals surface area contributed by atoms with Gasteiger partial charge in [-0.3, -0.25) is 0 Å². The molecule has 4 radical (unpaired) electrons. The second-order valence-electron chi connectivity index (χ2n) is 5.07. The van der Waals surface area contributed by atoms with E-state index in [1.54, 1.807) is 0 Å². The number of benzene rings is 1. The predicted molar refractivity (Wildman–Crippen MR) is 64.5 cm³/mol. The molecule has 1 aromatic rings. The van der Waals surface area contributed by atoms with Gasteiger partial charge in [0.2, 0.25) is 0 Å². The highest BCUT2D eigenvalue weighted by Gasteiger charge is 2.56. The van der Waals surface area contributed by atoms with Gasteiger partial charge in [-0.25, -0.2) is 0 Å². The maximum atomic E-state index is 13.0. The fourth-order valence-corrected chi connectivity index (χ4v) is 1.55. The maximum absolute atomic E-state index is 13.0. The molecule has 0 bridgehead atoms. The lowest BCUT2D eigenvalue weighted by molar-refractivity contribution is -0.217. The average Bonchev–Trinajstić information content (AvgIpc) is 2.26. The van der Waals surface area contributed by atoms with Crippen LogP contribution in [0.2, 0.25) is 0 Å². The Morgan fingerprint density at radius 1 is 0.850 bits per heavy atom. The molecule has 0 saturated heterocycles. The van der Waals surface area contributed by atoms with E-state index in [1.807, 2.05) is 0 Å². The highest BCUT2D eigenvalue weighted by molar-refractivity contribution is 6.40. The quantitative estimate of drug-likeness (QED) is 0.574. The predicted octanol–water partition coefficient (Wildman–Crippen LogP) is 3.78. The number of halogens is 6. The molecule has 20 heavy (non-hydrogen) atoms. The minimum Gasteiger partial charge on any atom is -0.171 e. The molecule has 0 amide bonds. The molecule has 0 atom stereocenters. The maximum Gasteiger partial charge on any atom is 0.416 e. The normalized spacial score (nSPS) is 14.4. The van der Waals surface area contributed by atoms with Gasteiger partial charge >= 0.3 is 12.4 Å². The summed E-state index contributed by atoms with van der Waals surface area (Å²) in [6, 6.07) is 3.29. The highest BCUT2D eigenvalue weighted by Crippen LogP contribution is 2.49. The minimum absolute atomic E-state index is 0.436. The number of hydrogen-bond acceptors (Lipinski definition) is 0. The molecule has 106 valence electrons. The second-order valence-corrected chi connectivity index (χ2v) is 5.07. The third-order valence-corrected chi connectivity index (χ3v) is 3.41. The molecule has 0 saturated carbocycles. The molecule has 0 aliphatic heterocycles. The molecule has 0 aromatic heterocycles. The lowest BCUT2D eigenvalue weighted by Crippen LogP contribution is -2.52. The molecule has 1 aromatic carbocycles. The Bertz CT molecular complexity index is 487. The summed E-state index contributed by atoms with van der Waals surface area (Å²) >= 11 is 0. The summed E-state index contributed by atoms with van der Waals surface area (Å²) in [6.07, 6.45) is -9.46. The van der Waals surface area contributed by atoms with E-state index >= 15 is 0 Å². The van der Waals surface area contributed by atoms with E-state index in [0.717, 1.165) is 32.0 Å². The Balaban J connectivity index is 3.37. The minimum atomic E-state index is -4.77. The van der Waals surface area contributed by atoms with E-state index in [-0.39, 0.29) is 0 Å². The Hall–Kier alpha value is -1.07. The van der Waals surface area contributed by atoms with Gasteiger partial charge in [-0.1, -0.05) is 42.8 Å². The van der Waals surface area contributed by atoms with Crippen LogP contribution in [0.1, 0.15) is 25.0 Å². The van der Waals surface area contributed by atoms with Gasteiger partial charge in [-0.15, -0.1) is 0 Å². The summed E-state index contributed by atoms with van der Waals surface area (Å²) < 4.78 is 76.6. The lowest BCUT2D eigenvalue weighted by Gasteiger charge is -2.44. The van der Waals surface area contributed by atoms with Crippen molar-refractivity contribution in [2.75, 3.05) is 0 Å². The molecular weight excluding hydrogens is 280 g/mol. The Kier molecular flexibility index (Phi) is 4.02. The first kappa shape index (κ1) is 17.0. The standard InChI is InChI=1S/C12H10B2F6/c1-9(2,12(18,19)20)10(13,14)7-4-3-5-8(6-7)11(15,16)17/h3-6H,1-2H3. The van der Waals surface area contributed by atoms with Crippen LogP contribution >= 0.6 is 0 Å². The van der Waals surface area contributed by atoms with Gasteiger partial charge < -0.3 is 0 Å². The zero-order valence-electron chi connectivity index (χ0n) is 10.7. The van der Waals surface area contributed by atoms with Gasteiger partial charge in [0.05, 0.1) is 26.7 Å². The van der Waals surface area contributed by atoms with E-state index in [4.69, 9.17) is 15.7 Å². The molecule has 8 heteroatoms. The van der Waals surface area contributed by atoms with Crippen molar-refractivity contribution in [1.82, 2.24) is 0 Å². The fraction of sp³-hybridized carbons (Fsp3) is 0.500. The zero-order chi connectivity index (χ0) is 16.0. The fourth-order valence-electron chi connectivity index (χ4n) is 1.55. The van der Waals surface area contributed by atoms with Crippen LogP contribution in [0.25, 0.3) is 0 Å². The largest absolute Gasteiger partial charge is 0.416 e. The third kappa shape index (κ3) is 2.83. The SMILES string of the molecule is [B]C([B])(c1cccc(C(F)(F)F)c1)C(C)(C)C(F)(F)F. The summed E-state index contributed by atoms with van der Waals surface area (Å²) in [5.41, 5.74) is -4.15. The van der Waals surface area contributed by atoms with Crippen LogP contribution in [0.5, 0.6) is 0 Å². The van der Waals surface area contributed by atoms with Gasteiger partial charge in [0, 0.05) is 0 Å². The van der Waals surface area contributed by atoms with Gasteiger partial charge in [-0.05, 0) is 6.07 Å². The van der Waals surface area contributed by atoms with Crippen LogP contribution in [0, 0.1) is 5.41 Å². The molecule has 0 nitrogen and oxygen atoms in total. The van der Waals surface area contributed by atoms with Gasteiger partial charge in [0.1, 0.15) is 0 Å². The molecule has 0 aliphatic carbocycles.